The summed E-state index contributed by atoms with van der Waals surface area (Å²) in [6, 6.07) is 0. The quantitative estimate of drug-likeness (QED) is 0.409. The summed E-state index contributed by atoms with van der Waals surface area (Å²) in [5, 5.41) is 0. The summed E-state index contributed by atoms with van der Waals surface area (Å²) in [6.07, 6.45) is 2.93. The van der Waals surface area contributed by atoms with Crippen molar-refractivity contribution in [2.24, 2.45) is 5.92 Å². The van der Waals surface area contributed by atoms with E-state index in [-0.39, 0.29) is 12.1 Å². The summed E-state index contributed by atoms with van der Waals surface area (Å²) < 4.78 is 4.85. The van der Waals surface area contributed by atoms with Crippen LogP contribution >= 0.6 is 0 Å². The first-order valence-corrected chi connectivity index (χ1v) is 3.04. The van der Waals surface area contributed by atoms with Gasteiger partial charge in [-0.05, 0) is 6.42 Å². The highest BCUT2D eigenvalue weighted by molar-refractivity contribution is 5.66. The van der Waals surface area contributed by atoms with Crippen molar-refractivity contribution in [3.05, 3.63) is 12.7 Å². The van der Waals surface area contributed by atoms with Gasteiger partial charge < -0.3 is 4.74 Å². The third-order valence-corrected chi connectivity index (χ3v) is 1.40. The number of rotatable bonds is 2. The van der Waals surface area contributed by atoms with Crippen LogP contribution in [0.5, 0.6) is 0 Å². The summed E-state index contributed by atoms with van der Waals surface area (Å²) in [5.41, 5.74) is 0. The van der Waals surface area contributed by atoms with Crippen molar-refractivity contribution < 1.29 is 9.53 Å². The second-order valence-corrected chi connectivity index (χ2v) is 2.28. The Morgan fingerprint density at radius 2 is 2.56 bits per heavy atom. The average Bonchev–Trinajstić information content (AvgIpc) is 2.45. The number of hydrogen-bond acceptors (Lipinski definition) is 2. The van der Waals surface area contributed by atoms with Crippen LogP contribution in [0.4, 0.5) is 0 Å². The summed E-state index contributed by atoms with van der Waals surface area (Å²) in [4.78, 5) is 10.3. The molecule has 0 unspecified atom stereocenters. The number of carbonyl (C=O) groups is 1. The molecule has 0 aromatic heterocycles. The van der Waals surface area contributed by atoms with E-state index in [0.717, 1.165) is 6.42 Å². The van der Waals surface area contributed by atoms with E-state index in [1.165, 1.54) is 6.92 Å². The van der Waals surface area contributed by atoms with Crippen molar-refractivity contribution in [3.8, 4) is 0 Å². The van der Waals surface area contributed by atoms with Gasteiger partial charge in [-0.25, -0.2) is 0 Å². The van der Waals surface area contributed by atoms with E-state index in [2.05, 4.69) is 6.58 Å². The van der Waals surface area contributed by atoms with Gasteiger partial charge in [0.1, 0.15) is 6.10 Å². The van der Waals surface area contributed by atoms with Crippen LogP contribution < -0.4 is 0 Å². The van der Waals surface area contributed by atoms with Gasteiger partial charge in [0.05, 0.1) is 0 Å². The van der Waals surface area contributed by atoms with E-state index in [0.29, 0.717) is 5.92 Å². The summed E-state index contributed by atoms with van der Waals surface area (Å²) >= 11 is 0. The molecule has 0 N–H and O–H groups in total. The molecule has 1 fully saturated rings. The molecule has 0 saturated heterocycles. The Kier molecular flexibility index (Phi) is 1.56. The molecule has 1 rings (SSSR count). The molecule has 1 aliphatic carbocycles. The zero-order chi connectivity index (χ0) is 6.85. The predicted octanol–water partition coefficient (Wildman–Crippen LogP) is 1.12. The molecule has 0 bridgehead atoms. The lowest BCUT2D eigenvalue weighted by molar-refractivity contribution is -0.142. The Morgan fingerprint density at radius 3 is 2.89 bits per heavy atom. The minimum atomic E-state index is -0.190. The van der Waals surface area contributed by atoms with Gasteiger partial charge in [0.2, 0.25) is 0 Å². The van der Waals surface area contributed by atoms with E-state index in [1.807, 2.05) is 6.08 Å². The SMILES string of the molecule is C=C[C@@H]1C[C@@H]1OC(C)=O. The Hall–Kier alpha value is -0.790. The van der Waals surface area contributed by atoms with Gasteiger partial charge in [0.15, 0.2) is 0 Å². The second kappa shape index (κ2) is 2.21. The van der Waals surface area contributed by atoms with Crippen LogP contribution in [-0.2, 0) is 9.53 Å². The number of esters is 1. The lowest BCUT2D eigenvalue weighted by Crippen LogP contribution is -2.01. The van der Waals surface area contributed by atoms with E-state index in [4.69, 9.17) is 4.74 Å². The van der Waals surface area contributed by atoms with Crippen LogP contribution in [0.1, 0.15) is 13.3 Å². The van der Waals surface area contributed by atoms with Gasteiger partial charge in [-0.15, -0.1) is 6.58 Å². The minimum absolute atomic E-state index is 0.139. The average molecular weight is 126 g/mol. The predicted molar refractivity (Wildman–Crippen MR) is 33.9 cm³/mol. The highest BCUT2D eigenvalue weighted by Crippen LogP contribution is 2.34. The Morgan fingerprint density at radius 1 is 1.89 bits per heavy atom. The number of carbonyl (C=O) groups excluding carboxylic acids is 1. The van der Waals surface area contributed by atoms with Crippen molar-refractivity contribution >= 4 is 5.97 Å². The summed E-state index contributed by atoms with van der Waals surface area (Å²) in [6.45, 7) is 5.02. The molecular weight excluding hydrogens is 116 g/mol. The van der Waals surface area contributed by atoms with E-state index < -0.39 is 0 Å². The smallest absolute Gasteiger partial charge is 0.302 e. The molecule has 0 amide bonds. The normalized spacial score (nSPS) is 31.2. The van der Waals surface area contributed by atoms with Crippen molar-refractivity contribution in [3.63, 3.8) is 0 Å². The molecule has 1 aliphatic rings. The van der Waals surface area contributed by atoms with Gasteiger partial charge in [0.25, 0.3) is 0 Å². The lowest BCUT2D eigenvalue weighted by atomic mass is 10.4. The monoisotopic (exact) mass is 126 g/mol. The molecule has 0 aliphatic heterocycles. The highest BCUT2D eigenvalue weighted by Gasteiger charge is 2.37. The highest BCUT2D eigenvalue weighted by atomic mass is 16.5. The van der Waals surface area contributed by atoms with Crippen LogP contribution in [0.2, 0.25) is 0 Å². The summed E-state index contributed by atoms with van der Waals surface area (Å²) in [5.74, 6) is 0.234. The molecule has 0 aromatic carbocycles. The summed E-state index contributed by atoms with van der Waals surface area (Å²) in [7, 11) is 0. The lowest BCUT2D eigenvalue weighted by Gasteiger charge is -1.95. The zero-order valence-electron chi connectivity index (χ0n) is 5.46. The van der Waals surface area contributed by atoms with Gasteiger partial charge in [-0.2, -0.15) is 0 Å². The van der Waals surface area contributed by atoms with Crippen LogP contribution in [0.3, 0.4) is 0 Å². The molecule has 50 valence electrons. The zero-order valence-corrected chi connectivity index (χ0v) is 5.46. The molecule has 2 heteroatoms. The van der Waals surface area contributed by atoms with Crippen molar-refractivity contribution in [1.82, 2.24) is 0 Å². The molecular formula is C7H10O2. The maximum atomic E-state index is 10.3. The van der Waals surface area contributed by atoms with Gasteiger partial charge in [0, 0.05) is 12.8 Å². The number of ether oxygens (including phenoxy) is 1. The van der Waals surface area contributed by atoms with E-state index in [9.17, 15) is 4.79 Å². The largest absolute Gasteiger partial charge is 0.462 e. The van der Waals surface area contributed by atoms with Crippen molar-refractivity contribution in [1.29, 1.82) is 0 Å². The standard InChI is InChI=1S/C7H10O2/c1-3-6-4-7(6)9-5(2)8/h3,6-7H,1,4H2,2H3/t6-,7+/m1/s1. The van der Waals surface area contributed by atoms with E-state index >= 15 is 0 Å². The minimum Gasteiger partial charge on any atom is -0.462 e. The van der Waals surface area contributed by atoms with Crippen molar-refractivity contribution in [2.45, 2.75) is 19.4 Å². The Labute approximate surface area is 54.5 Å². The molecule has 0 heterocycles. The molecule has 0 radical (unpaired) electrons. The third kappa shape index (κ3) is 1.56. The van der Waals surface area contributed by atoms with Crippen LogP contribution in [-0.4, -0.2) is 12.1 Å². The van der Waals surface area contributed by atoms with Gasteiger partial charge >= 0.3 is 5.97 Å². The van der Waals surface area contributed by atoms with Crippen molar-refractivity contribution in [2.75, 3.05) is 0 Å². The second-order valence-electron chi connectivity index (χ2n) is 2.28. The molecule has 2 atom stereocenters. The first-order valence-electron chi connectivity index (χ1n) is 3.04. The first kappa shape index (κ1) is 6.33. The fraction of sp³-hybridized carbons (Fsp3) is 0.571. The molecule has 1 saturated carbocycles. The van der Waals surface area contributed by atoms with E-state index in [1.54, 1.807) is 0 Å². The topological polar surface area (TPSA) is 26.3 Å². The molecule has 9 heavy (non-hydrogen) atoms. The van der Waals surface area contributed by atoms with Crippen LogP contribution in [0.25, 0.3) is 0 Å². The maximum absolute atomic E-state index is 10.3. The molecule has 0 aromatic rings. The molecule has 2 nitrogen and oxygen atoms in total. The van der Waals surface area contributed by atoms with Gasteiger partial charge in [-0.1, -0.05) is 6.08 Å². The molecule has 0 spiro atoms. The van der Waals surface area contributed by atoms with Gasteiger partial charge in [-0.3, -0.25) is 4.79 Å². The Bertz CT molecular complexity index is 140. The van der Waals surface area contributed by atoms with Crippen LogP contribution in [0.15, 0.2) is 12.7 Å². The Balaban J connectivity index is 2.19. The fourth-order valence-electron chi connectivity index (χ4n) is 0.786. The first-order chi connectivity index (χ1) is 4.24. The third-order valence-electron chi connectivity index (χ3n) is 1.40. The number of hydrogen-bond donors (Lipinski definition) is 0. The maximum Gasteiger partial charge on any atom is 0.302 e. The van der Waals surface area contributed by atoms with Crippen LogP contribution in [0, 0.1) is 5.92 Å². The fourth-order valence-corrected chi connectivity index (χ4v) is 0.786.